The van der Waals surface area contributed by atoms with Gasteiger partial charge in [-0.3, -0.25) is 0 Å². The highest BCUT2D eigenvalue weighted by Gasteiger charge is 2.10. The molecular weight excluding hydrogens is 250 g/mol. The van der Waals surface area contributed by atoms with Crippen molar-refractivity contribution in [2.75, 3.05) is 38.6 Å². The number of aliphatic hydroxyl groups excluding tert-OH is 1. The molecule has 0 saturated carbocycles. The molecule has 1 rings (SSSR count). The first kappa shape index (κ1) is 16.9. The molecule has 0 aliphatic rings. The van der Waals surface area contributed by atoms with Crippen molar-refractivity contribution in [2.24, 2.45) is 0 Å². The van der Waals surface area contributed by atoms with Gasteiger partial charge < -0.3 is 14.9 Å². The summed E-state index contributed by atoms with van der Waals surface area (Å²) >= 11 is 0. The fourth-order valence-electron chi connectivity index (χ4n) is 2.20. The van der Waals surface area contributed by atoms with Gasteiger partial charge in [0.1, 0.15) is 5.82 Å². The molecule has 0 amide bonds. The lowest BCUT2D eigenvalue weighted by Gasteiger charge is -2.26. The topological polar surface area (TPSA) is 39.6 Å². The highest BCUT2D eigenvalue weighted by atomic mass is 16.3. The van der Waals surface area contributed by atoms with Crippen LogP contribution in [0, 0.1) is 0 Å². The minimum Gasteiger partial charge on any atom is -0.392 e. The Hall–Kier alpha value is -1.13. The van der Waals surface area contributed by atoms with Crippen LogP contribution in [0.5, 0.6) is 0 Å². The van der Waals surface area contributed by atoms with Gasteiger partial charge in [-0.1, -0.05) is 20.3 Å². The Morgan fingerprint density at radius 3 is 2.35 bits per heavy atom. The van der Waals surface area contributed by atoms with E-state index in [1.54, 1.807) is 0 Å². The molecule has 1 aromatic heterocycles. The van der Waals surface area contributed by atoms with E-state index in [1.165, 1.54) is 0 Å². The van der Waals surface area contributed by atoms with Crippen molar-refractivity contribution < 1.29 is 5.11 Å². The second-order valence-electron chi connectivity index (χ2n) is 5.52. The lowest BCUT2D eigenvalue weighted by atomic mass is 10.1. The highest BCUT2D eigenvalue weighted by Crippen LogP contribution is 2.17. The molecule has 0 spiro atoms. The Labute approximate surface area is 123 Å². The van der Waals surface area contributed by atoms with Gasteiger partial charge in [0.25, 0.3) is 0 Å². The van der Waals surface area contributed by atoms with Crippen molar-refractivity contribution in [1.29, 1.82) is 0 Å². The molecule has 0 saturated heterocycles. The number of aryl methyl sites for hydroxylation is 1. The fraction of sp³-hybridized carbons (Fsp3) is 0.688. The van der Waals surface area contributed by atoms with E-state index >= 15 is 0 Å². The van der Waals surface area contributed by atoms with Gasteiger partial charge in [-0.25, -0.2) is 4.98 Å². The van der Waals surface area contributed by atoms with E-state index in [9.17, 15) is 5.11 Å². The number of aliphatic hydroxyl groups is 1. The Balaban J connectivity index is 2.94. The molecule has 114 valence electrons. The number of rotatable bonds is 9. The van der Waals surface area contributed by atoms with Gasteiger partial charge in [-0.15, -0.1) is 0 Å². The summed E-state index contributed by atoms with van der Waals surface area (Å²) in [4.78, 5) is 9.27. The number of anilines is 1. The highest BCUT2D eigenvalue weighted by molar-refractivity contribution is 5.42. The van der Waals surface area contributed by atoms with Crippen LogP contribution in [-0.2, 0) is 13.0 Å². The van der Waals surface area contributed by atoms with Gasteiger partial charge >= 0.3 is 0 Å². The molecule has 0 radical (unpaired) electrons. The number of nitrogens with zero attached hydrogens (tertiary/aromatic N) is 3. The lowest BCUT2D eigenvalue weighted by molar-refractivity contribution is 0.281. The summed E-state index contributed by atoms with van der Waals surface area (Å²) in [7, 11) is 4.18. The fourth-order valence-corrected chi connectivity index (χ4v) is 2.20. The molecule has 0 bridgehead atoms. The second-order valence-corrected chi connectivity index (χ2v) is 5.52. The molecule has 1 N–H and O–H groups in total. The Morgan fingerprint density at radius 2 is 1.80 bits per heavy atom. The van der Waals surface area contributed by atoms with Gasteiger partial charge in [0, 0.05) is 25.3 Å². The molecule has 0 aliphatic heterocycles. The third kappa shape index (κ3) is 5.47. The average Bonchev–Trinajstić information content (AvgIpc) is 2.43. The van der Waals surface area contributed by atoms with Gasteiger partial charge in [0.15, 0.2) is 0 Å². The van der Waals surface area contributed by atoms with E-state index in [1.807, 2.05) is 12.1 Å². The minimum absolute atomic E-state index is 0.0832. The van der Waals surface area contributed by atoms with Crippen LogP contribution in [0.25, 0.3) is 0 Å². The first-order valence-electron chi connectivity index (χ1n) is 7.61. The third-order valence-electron chi connectivity index (χ3n) is 3.25. The van der Waals surface area contributed by atoms with Crippen molar-refractivity contribution in [3.8, 4) is 0 Å². The van der Waals surface area contributed by atoms with Crippen molar-refractivity contribution in [1.82, 2.24) is 9.88 Å². The van der Waals surface area contributed by atoms with E-state index < -0.39 is 0 Å². The molecule has 1 aromatic rings. The molecule has 0 aliphatic carbocycles. The molecule has 20 heavy (non-hydrogen) atoms. The molecule has 4 nitrogen and oxygen atoms in total. The molecular formula is C16H29N3O. The number of hydrogen-bond donors (Lipinski definition) is 1. The summed E-state index contributed by atoms with van der Waals surface area (Å²) in [5, 5.41) is 9.43. The summed E-state index contributed by atoms with van der Waals surface area (Å²) in [5.41, 5.74) is 2.05. The molecule has 0 fully saturated rings. The molecule has 0 unspecified atom stereocenters. The van der Waals surface area contributed by atoms with E-state index in [0.29, 0.717) is 0 Å². The molecule has 0 aromatic carbocycles. The van der Waals surface area contributed by atoms with E-state index in [0.717, 1.165) is 56.0 Å². The van der Waals surface area contributed by atoms with Crippen LogP contribution in [0.3, 0.4) is 0 Å². The van der Waals surface area contributed by atoms with Gasteiger partial charge in [0.2, 0.25) is 0 Å². The van der Waals surface area contributed by atoms with E-state index in [4.69, 9.17) is 4.98 Å². The minimum atomic E-state index is 0.0832. The van der Waals surface area contributed by atoms with Crippen LogP contribution >= 0.6 is 0 Å². The maximum atomic E-state index is 9.43. The summed E-state index contributed by atoms with van der Waals surface area (Å²) in [6.07, 6.45) is 3.14. The van der Waals surface area contributed by atoms with E-state index in [2.05, 4.69) is 37.7 Å². The Bertz CT molecular complexity index is 393. The lowest BCUT2D eigenvalue weighted by Crippen LogP contribution is -2.33. The summed E-state index contributed by atoms with van der Waals surface area (Å²) in [6, 6.07) is 4.04. The smallest absolute Gasteiger partial charge is 0.129 e. The quantitative estimate of drug-likeness (QED) is 0.753. The molecule has 0 atom stereocenters. The van der Waals surface area contributed by atoms with Gasteiger partial charge in [0.05, 0.1) is 6.61 Å². The number of likely N-dealkylation sites (N-methyl/N-ethyl adjacent to an activating group) is 1. The summed E-state index contributed by atoms with van der Waals surface area (Å²) in [5.74, 6) is 1.00. The first-order valence-corrected chi connectivity index (χ1v) is 7.61. The van der Waals surface area contributed by atoms with Crippen LogP contribution in [0.4, 0.5) is 5.82 Å². The number of pyridine rings is 1. The number of hydrogen-bond acceptors (Lipinski definition) is 4. The zero-order chi connectivity index (χ0) is 15.0. The van der Waals surface area contributed by atoms with Crippen molar-refractivity contribution in [2.45, 2.75) is 39.7 Å². The third-order valence-corrected chi connectivity index (χ3v) is 3.25. The molecule has 1 heterocycles. The summed E-state index contributed by atoms with van der Waals surface area (Å²) < 4.78 is 0. The maximum absolute atomic E-state index is 9.43. The average molecular weight is 279 g/mol. The predicted molar refractivity (Wildman–Crippen MR) is 85.2 cm³/mol. The van der Waals surface area contributed by atoms with Crippen LogP contribution < -0.4 is 4.90 Å². The largest absolute Gasteiger partial charge is 0.392 e. The second kappa shape index (κ2) is 8.93. The monoisotopic (exact) mass is 279 g/mol. The van der Waals surface area contributed by atoms with Crippen LogP contribution in [0.2, 0.25) is 0 Å². The van der Waals surface area contributed by atoms with Crippen LogP contribution in [-0.4, -0.2) is 48.7 Å². The van der Waals surface area contributed by atoms with Crippen LogP contribution in [0.1, 0.15) is 37.9 Å². The van der Waals surface area contributed by atoms with Gasteiger partial charge in [-0.05, 0) is 44.6 Å². The standard InChI is InChI=1S/C16H29N3O/c1-5-7-15-11-14(13-20)12-16(17-15)19(8-6-2)10-9-18(3)4/h11-12,20H,5-10,13H2,1-4H3. The summed E-state index contributed by atoms with van der Waals surface area (Å²) in [6.45, 7) is 7.40. The van der Waals surface area contributed by atoms with Crippen LogP contribution in [0.15, 0.2) is 12.1 Å². The van der Waals surface area contributed by atoms with Gasteiger partial charge in [-0.2, -0.15) is 0 Å². The van der Waals surface area contributed by atoms with E-state index in [-0.39, 0.29) is 6.61 Å². The molecule has 4 heteroatoms. The SMILES string of the molecule is CCCc1cc(CO)cc(N(CCC)CCN(C)C)n1. The first-order chi connectivity index (χ1) is 9.60. The Kier molecular flexibility index (Phi) is 7.55. The van der Waals surface area contributed by atoms with Crippen molar-refractivity contribution in [3.63, 3.8) is 0 Å². The Morgan fingerprint density at radius 1 is 1.05 bits per heavy atom. The van der Waals surface area contributed by atoms with Crippen molar-refractivity contribution in [3.05, 3.63) is 23.4 Å². The van der Waals surface area contributed by atoms with Crippen molar-refractivity contribution >= 4 is 5.82 Å². The normalized spacial score (nSPS) is 11.1. The predicted octanol–water partition coefficient (Wildman–Crippen LogP) is 2.30. The zero-order valence-electron chi connectivity index (χ0n) is 13.4. The zero-order valence-corrected chi connectivity index (χ0v) is 13.4. The maximum Gasteiger partial charge on any atom is 0.129 e. The number of aromatic nitrogens is 1.